The minimum atomic E-state index is -0.934. The number of alkyl halides is 1. The minimum Gasteiger partial charge on any atom is -0.374 e. The molecule has 0 saturated carbocycles. The molecule has 1 rings (SSSR count). The highest BCUT2D eigenvalue weighted by atomic mass is 19.1. The number of allylic oxidation sites excluding steroid dienone is 1. The molecule has 1 aromatic rings. The molecular weight excluding hydrogens is 179 g/mol. The third-order valence-corrected chi connectivity index (χ3v) is 1.83. The Bertz CT molecular complexity index is 258. The first-order valence-corrected chi connectivity index (χ1v) is 4.69. The summed E-state index contributed by atoms with van der Waals surface area (Å²) in [5.41, 5.74) is 1.07. The van der Waals surface area contributed by atoms with E-state index >= 15 is 0 Å². The van der Waals surface area contributed by atoms with Gasteiger partial charge in [-0.1, -0.05) is 36.4 Å². The van der Waals surface area contributed by atoms with Crippen LogP contribution in [0.3, 0.4) is 0 Å². The first-order chi connectivity index (χ1) is 6.83. The molecule has 0 radical (unpaired) electrons. The Hall–Kier alpha value is -1.15. The molecule has 2 heteroatoms. The topological polar surface area (TPSA) is 9.23 Å². The second-order valence-electron chi connectivity index (χ2n) is 3.12. The first-order valence-electron chi connectivity index (χ1n) is 4.69. The van der Waals surface area contributed by atoms with Crippen LogP contribution in [0.4, 0.5) is 4.39 Å². The van der Waals surface area contributed by atoms with Crippen molar-refractivity contribution in [1.29, 1.82) is 0 Å². The number of ether oxygens (including phenoxy) is 1. The maximum atomic E-state index is 12.9. The van der Waals surface area contributed by atoms with Gasteiger partial charge in [0.15, 0.2) is 0 Å². The van der Waals surface area contributed by atoms with Gasteiger partial charge in [-0.2, -0.15) is 0 Å². The van der Waals surface area contributed by atoms with Crippen LogP contribution in [-0.2, 0) is 11.3 Å². The molecule has 0 aromatic heterocycles. The summed E-state index contributed by atoms with van der Waals surface area (Å²) in [4.78, 5) is 0. The van der Waals surface area contributed by atoms with Crippen LogP contribution in [0.1, 0.15) is 12.0 Å². The van der Waals surface area contributed by atoms with E-state index in [-0.39, 0.29) is 6.61 Å². The fourth-order valence-corrected chi connectivity index (χ4v) is 1.13. The maximum absolute atomic E-state index is 12.9. The SMILES string of the molecule is C=CCC(F)COCc1ccccc1. The van der Waals surface area contributed by atoms with Crippen molar-refractivity contribution in [3.8, 4) is 0 Å². The number of rotatable bonds is 6. The van der Waals surface area contributed by atoms with Crippen molar-refractivity contribution in [3.63, 3.8) is 0 Å². The van der Waals surface area contributed by atoms with Crippen LogP contribution in [-0.4, -0.2) is 12.8 Å². The first kappa shape index (κ1) is 10.9. The normalized spacial score (nSPS) is 12.4. The predicted octanol–water partition coefficient (Wildman–Crippen LogP) is 3.12. The van der Waals surface area contributed by atoms with E-state index in [1.165, 1.54) is 0 Å². The van der Waals surface area contributed by atoms with Gasteiger partial charge in [-0.15, -0.1) is 6.58 Å². The Morgan fingerprint density at radius 1 is 1.36 bits per heavy atom. The summed E-state index contributed by atoms with van der Waals surface area (Å²) in [5.74, 6) is 0. The van der Waals surface area contributed by atoms with Crippen LogP contribution >= 0.6 is 0 Å². The summed E-state index contributed by atoms with van der Waals surface area (Å²) >= 11 is 0. The van der Waals surface area contributed by atoms with Crippen molar-refractivity contribution in [3.05, 3.63) is 48.6 Å². The molecule has 0 saturated heterocycles. The molecule has 1 aromatic carbocycles. The molecule has 0 amide bonds. The van der Waals surface area contributed by atoms with Crippen molar-refractivity contribution < 1.29 is 9.13 Å². The Kier molecular flexibility index (Phi) is 4.94. The molecule has 14 heavy (non-hydrogen) atoms. The van der Waals surface area contributed by atoms with Gasteiger partial charge in [-0.3, -0.25) is 0 Å². The van der Waals surface area contributed by atoms with Gasteiger partial charge in [-0.25, -0.2) is 4.39 Å². The average molecular weight is 194 g/mol. The minimum absolute atomic E-state index is 0.140. The second kappa shape index (κ2) is 6.33. The van der Waals surface area contributed by atoms with Crippen molar-refractivity contribution in [2.45, 2.75) is 19.2 Å². The summed E-state index contributed by atoms with van der Waals surface area (Å²) in [6, 6.07) is 9.74. The van der Waals surface area contributed by atoms with Crippen LogP contribution in [0.2, 0.25) is 0 Å². The Morgan fingerprint density at radius 2 is 2.07 bits per heavy atom. The zero-order valence-electron chi connectivity index (χ0n) is 8.16. The molecule has 1 atom stereocenters. The second-order valence-corrected chi connectivity index (χ2v) is 3.12. The van der Waals surface area contributed by atoms with Gasteiger partial charge in [0.25, 0.3) is 0 Å². The Balaban J connectivity index is 2.18. The van der Waals surface area contributed by atoms with Crippen LogP contribution in [0.15, 0.2) is 43.0 Å². The predicted molar refractivity (Wildman–Crippen MR) is 55.8 cm³/mol. The van der Waals surface area contributed by atoms with Gasteiger partial charge in [0.05, 0.1) is 13.2 Å². The van der Waals surface area contributed by atoms with Gasteiger partial charge in [-0.05, 0) is 12.0 Å². The number of benzene rings is 1. The number of hydrogen-bond donors (Lipinski definition) is 0. The van der Waals surface area contributed by atoms with Gasteiger partial charge in [0.1, 0.15) is 6.17 Å². The highest BCUT2D eigenvalue weighted by Gasteiger charge is 2.03. The highest BCUT2D eigenvalue weighted by Crippen LogP contribution is 2.04. The fourth-order valence-electron chi connectivity index (χ4n) is 1.13. The lowest BCUT2D eigenvalue weighted by molar-refractivity contribution is 0.0708. The van der Waals surface area contributed by atoms with Crippen molar-refractivity contribution in [1.82, 2.24) is 0 Å². The van der Waals surface area contributed by atoms with E-state index in [0.29, 0.717) is 13.0 Å². The monoisotopic (exact) mass is 194 g/mol. The molecule has 1 unspecified atom stereocenters. The summed E-state index contributed by atoms with van der Waals surface area (Å²) in [5, 5.41) is 0. The molecule has 0 fully saturated rings. The van der Waals surface area contributed by atoms with E-state index in [1.54, 1.807) is 6.08 Å². The Labute approximate surface area is 84.2 Å². The van der Waals surface area contributed by atoms with E-state index < -0.39 is 6.17 Å². The van der Waals surface area contributed by atoms with Crippen LogP contribution < -0.4 is 0 Å². The summed E-state index contributed by atoms with van der Waals surface area (Å²) in [7, 11) is 0. The highest BCUT2D eigenvalue weighted by molar-refractivity contribution is 5.13. The summed E-state index contributed by atoms with van der Waals surface area (Å²) < 4.78 is 18.1. The van der Waals surface area contributed by atoms with E-state index in [2.05, 4.69) is 6.58 Å². The molecule has 0 aliphatic carbocycles. The molecule has 0 bridgehead atoms. The largest absolute Gasteiger partial charge is 0.374 e. The average Bonchev–Trinajstić information content (AvgIpc) is 2.20. The zero-order chi connectivity index (χ0) is 10.2. The molecular formula is C12H15FO. The Morgan fingerprint density at radius 3 is 2.71 bits per heavy atom. The van der Waals surface area contributed by atoms with Gasteiger partial charge in [0, 0.05) is 0 Å². The van der Waals surface area contributed by atoms with E-state index in [4.69, 9.17) is 4.74 Å². The third-order valence-electron chi connectivity index (χ3n) is 1.83. The van der Waals surface area contributed by atoms with E-state index in [1.807, 2.05) is 30.3 Å². The molecule has 0 spiro atoms. The van der Waals surface area contributed by atoms with Crippen molar-refractivity contribution in [2.75, 3.05) is 6.61 Å². The van der Waals surface area contributed by atoms with E-state index in [9.17, 15) is 4.39 Å². The smallest absolute Gasteiger partial charge is 0.127 e. The van der Waals surface area contributed by atoms with Gasteiger partial charge in [0.2, 0.25) is 0 Å². The van der Waals surface area contributed by atoms with Gasteiger partial charge >= 0.3 is 0 Å². The lowest BCUT2D eigenvalue weighted by Gasteiger charge is -2.06. The van der Waals surface area contributed by atoms with E-state index in [0.717, 1.165) is 5.56 Å². The maximum Gasteiger partial charge on any atom is 0.127 e. The molecule has 0 N–H and O–H groups in total. The summed E-state index contributed by atoms with van der Waals surface area (Å²) in [6.07, 6.45) is 0.988. The van der Waals surface area contributed by atoms with Crippen LogP contribution in [0.5, 0.6) is 0 Å². The zero-order valence-corrected chi connectivity index (χ0v) is 8.16. The quantitative estimate of drug-likeness (QED) is 0.632. The summed E-state index contributed by atoms with van der Waals surface area (Å²) in [6.45, 7) is 4.08. The van der Waals surface area contributed by atoms with Crippen LogP contribution in [0.25, 0.3) is 0 Å². The molecule has 0 aliphatic heterocycles. The standard InChI is InChI=1S/C12H15FO/c1-2-6-12(13)10-14-9-11-7-4-3-5-8-11/h2-5,7-8,12H,1,6,9-10H2. The molecule has 76 valence electrons. The van der Waals surface area contributed by atoms with Crippen molar-refractivity contribution in [2.24, 2.45) is 0 Å². The molecule has 0 aliphatic rings. The van der Waals surface area contributed by atoms with Crippen LogP contribution in [0, 0.1) is 0 Å². The molecule has 1 nitrogen and oxygen atoms in total. The van der Waals surface area contributed by atoms with Gasteiger partial charge < -0.3 is 4.74 Å². The van der Waals surface area contributed by atoms with Crippen molar-refractivity contribution >= 4 is 0 Å². The number of halogens is 1. The molecule has 0 heterocycles. The fraction of sp³-hybridized carbons (Fsp3) is 0.333. The number of hydrogen-bond acceptors (Lipinski definition) is 1. The lowest BCUT2D eigenvalue weighted by atomic mass is 10.2. The lowest BCUT2D eigenvalue weighted by Crippen LogP contribution is -2.08. The third kappa shape index (κ3) is 4.19.